The standard InChI is InChI=1S/C30H28F3N5O5/c31-30(32,33)20-2-5-23(6-3-20)38-27(41-12-9-21-4-7-24-29(36-21)35-11-10-34-24)16-22(37-38)13-19(15-28(39)40)18-1-8-25-26(14-18)43-17-42-25/h1-8,14,16,19,34H,9-13,15,17H2,(H,35,36)(H,39,40). The van der Waals surface area contributed by atoms with Gasteiger partial charge in [0.2, 0.25) is 12.7 Å². The normalized spacial score (nSPS) is 14.4. The Hall–Kier alpha value is -4.94. The molecule has 1 unspecified atom stereocenters. The van der Waals surface area contributed by atoms with Crippen LogP contribution < -0.4 is 24.8 Å². The third-order valence-electron chi connectivity index (χ3n) is 7.21. The van der Waals surface area contributed by atoms with Gasteiger partial charge >= 0.3 is 12.1 Å². The van der Waals surface area contributed by atoms with E-state index < -0.39 is 23.6 Å². The van der Waals surface area contributed by atoms with Gasteiger partial charge in [0, 0.05) is 37.2 Å². The molecule has 10 nitrogen and oxygen atoms in total. The van der Waals surface area contributed by atoms with Crippen LogP contribution in [0.2, 0.25) is 0 Å². The molecule has 0 amide bonds. The highest BCUT2D eigenvalue weighted by atomic mass is 19.4. The van der Waals surface area contributed by atoms with Gasteiger partial charge in [-0.3, -0.25) is 4.79 Å². The molecule has 6 rings (SSSR count). The lowest BCUT2D eigenvalue weighted by atomic mass is 9.91. The van der Waals surface area contributed by atoms with Gasteiger partial charge in [0.05, 0.1) is 35.7 Å². The molecule has 4 heterocycles. The number of fused-ring (bicyclic) bond motifs is 2. The summed E-state index contributed by atoms with van der Waals surface area (Å²) in [4.78, 5) is 16.4. The molecule has 0 saturated heterocycles. The predicted molar refractivity (Wildman–Crippen MR) is 150 cm³/mol. The number of hydrogen-bond acceptors (Lipinski definition) is 8. The molecule has 2 aliphatic rings. The molecule has 0 saturated carbocycles. The van der Waals surface area contributed by atoms with E-state index in [4.69, 9.17) is 14.2 Å². The minimum Gasteiger partial charge on any atom is -0.481 e. The van der Waals surface area contributed by atoms with Crippen LogP contribution in [0.4, 0.5) is 24.7 Å². The summed E-state index contributed by atoms with van der Waals surface area (Å²) in [5.41, 5.74) is 2.58. The Morgan fingerprint density at radius 2 is 1.79 bits per heavy atom. The molecule has 2 aromatic carbocycles. The average Bonchev–Trinajstić information content (AvgIpc) is 3.63. The molecule has 2 aromatic heterocycles. The summed E-state index contributed by atoms with van der Waals surface area (Å²) in [6.07, 6.45) is -3.94. The molecule has 0 bridgehead atoms. The highest BCUT2D eigenvalue weighted by molar-refractivity contribution is 5.68. The summed E-state index contributed by atoms with van der Waals surface area (Å²) in [6, 6.07) is 15.4. The quantitative estimate of drug-likeness (QED) is 0.225. The van der Waals surface area contributed by atoms with Gasteiger partial charge in [-0.1, -0.05) is 6.07 Å². The largest absolute Gasteiger partial charge is 0.481 e. The molecular weight excluding hydrogens is 567 g/mol. The molecule has 0 radical (unpaired) electrons. The van der Waals surface area contributed by atoms with Crippen molar-refractivity contribution in [1.82, 2.24) is 14.8 Å². The van der Waals surface area contributed by atoms with Gasteiger partial charge in [-0.2, -0.15) is 18.3 Å². The fourth-order valence-electron chi connectivity index (χ4n) is 5.08. The van der Waals surface area contributed by atoms with E-state index in [1.807, 2.05) is 12.1 Å². The molecule has 2 aliphatic heterocycles. The molecule has 13 heteroatoms. The molecule has 0 fully saturated rings. The van der Waals surface area contributed by atoms with E-state index in [1.165, 1.54) is 16.8 Å². The average molecular weight is 596 g/mol. The van der Waals surface area contributed by atoms with Crippen molar-refractivity contribution >= 4 is 17.5 Å². The van der Waals surface area contributed by atoms with Crippen LogP contribution in [-0.4, -0.2) is 52.3 Å². The molecule has 43 heavy (non-hydrogen) atoms. The van der Waals surface area contributed by atoms with Gasteiger partial charge in [0.25, 0.3) is 0 Å². The number of carboxylic acids is 1. The first-order chi connectivity index (χ1) is 20.7. The number of pyridine rings is 1. The lowest BCUT2D eigenvalue weighted by molar-refractivity contribution is -0.138. The lowest BCUT2D eigenvalue weighted by Gasteiger charge is -2.19. The topological polar surface area (TPSA) is 120 Å². The number of benzene rings is 2. The first kappa shape index (κ1) is 28.2. The van der Waals surface area contributed by atoms with Crippen LogP contribution in [0.15, 0.2) is 60.7 Å². The van der Waals surface area contributed by atoms with Crippen LogP contribution in [0.3, 0.4) is 0 Å². The van der Waals surface area contributed by atoms with E-state index in [9.17, 15) is 23.1 Å². The third kappa shape index (κ3) is 6.45. The number of nitrogens with one attached hydrogen (secondary N) is 2. The Morgan fingerprint density at radius 1 is 1.00 bits per heavy atom. The van der Waals surface area contributed by atoms with Crippen LogP contribution in [0.5, 0.6) is 17.4 Å². The first-order valence-corrected chi connectivity index (χ1v) is 13.7. The zero-order valence-electron chi connectivity index (χ0n) is 22.9. The monoisotopic (exact) mass is 595 g/mol. The molecule has 3 N–H and O–H groups in total. The highest BCUT2D eigenvalue weighted by Crippen LogP contribution is 2.37. The minimum atomic E-state index is -4.48. The molecule has 0 aliphatic carbocycles. The summed E-state index contributed by atoms with van der Waals surface area (Å²) in [6.45, 7) is 1.90. The van der Waals surface area contributed by atoms with E-state index in [0.717, 1.165) is 48.0 Å². The Kier molecular flexibility index (Phi) is 7.70. The van der Waals surface area contributed by atoms with Crippen molar-refractivity contribution in [2.75, 3.05) is 37.1 Å². The number of carboxylic acid groups (broad SMARTS) is 1. The van der Waals surface area contributed by atoms with E-state index in [-0.39, 0.29) is 26.2 Å². The number of aliphatic carboxylic acids is 1. The second-order valence-electron chi connectivity index (χ2n) is 10.2. The SMILES string of the molecule is O=C(O)CC(Cc1cc(OCCc2ccc3c(n2)NCCN3)n(-c2ccc(C(F)(F)F)cc2)n1)c1ccc2c(c1)OCO2. The molecule has 4 aromatic rings. The van der Waals surface area contributed by atoms with Crippen molar-refractivity contribution < 1.29 is 37.3 Å². The smallest absolute Gasteiger partial charge is 0.416 e. The molecule has 0 spiro atoms. The third-order valence-corrected chi connectivity index (χ3v) is 7.21. The minimum absolute atomic E-state index is 0.0923. The van der Waals surface area contributed by atoms with E-state index >= 15 is 0 Å². The second kappa shape index (κ2) is 11.7. The second-order valence-corrected chi connectivity index (χ2v) is 10.2. The van der Waals surface area contributed by atoms with Crippen LogP contribution >= 0.6 is 0 Å². The van der Waals surface area contributed by atoms with E-state index in [1.54, 1.807) is 24.3 Å². The Morgan fingerprint density at radius 3 is 2.58 bits per heavy atom. The van der Waals surface area contributed by atoms with Crippen molar-refractivity contribution in [1.29, 1.82) is 0 Å². The predicted octanol–water partition coefficient (Wildman–Crippen LogP) is 5.27. The summed E-state index contributed by atoms with van der Waals surface area (Å²) >= 11 is 0. The van der Waals surface area contributed by atoms with Crippen LogP contribution in [0.25, 0.3) is 5.69 Å². The number of hydrogen-bond donors (Lipinski definition) is 3. The van der Waals surface area contributed by atoms with Crippen molar-refractivity contribution in [2.24, 2.45) is 0 Å². The van der Waals surface area contributed by atoms with Gasteiger partial charge in [-0.15, -0.1) is 0 Å². The number of carbonyl (C=O) groups is 1. The number of ether oxygens (including phenoxy) is 3. The Bertz CT molecular complexity index is 1620. The molecule has 224 valence electrons. The fourth-order valence-corrected chi connectivity index (χ4v) is 5.08. The summed E-state index contributed by atoms with van der Waals surface area (Å²) in [5.74, 6) is 0.760. The van der Waals surface area contributed by atoms with Gasteiger partial charge in [-0.05, 0) is 60.5 Å². The number of anilines is 2. The van der Waals surface area contributed by atoms with Crippen molar-refractivity contribution in [3.63, 3.8) is 0 Å². The number of alkyl halides is 3. The number of aromatic nitrogens is 3. The maximum absolute atomic E-state index is 13.2. The van der Waals surface area contributed by atoms with Gasteiger partial charge in [0.1, 0.15) is 5.82 Å². The van der Waals surface area contributed by atoms with E-state index in [2.05, 4.69) is 20.7 Å². The molecule has 1 atom stereocenters. The van der Waals surface area contributed by atoms with E-state index in [0.29, 0.717) is 35.2 Å². The zero-order chi connectivity index (χ0) is 30.0. The first-order valence-electron chi connectivity index (χ1n) is 13.7. The highest BCUT2D eigenvalue weighted by Gasteiger charge is 2.30. The Labute approximate surface area is 244 Å². The summed E-state index contributed by atoms with van der Waals surface area (Å²) < 4.78 is 58.0. The summed E-state index contributed by atoms with van der Waals surface area (Å²) in [5, 5.41) is 20.8. The number of rotatable bonds is 10. The zero-order valence-corrected chi connectivity index (χ0v) is 22.9. The maximum atomic E-state index is 13.2. The lowest BCUT2D eigenvalue weighted by Crippen LogP contribution is -2.21. The Balaban J connectivity index is 1.26. The number of halogens is 3. The van der Waals surface area contributed by atoms with Crippen LogP contribution in [0, 0.1) is 0 Å². The van der Waals surface area contributed by atoms with Crippen LogP contribution in [-0.2, 0) is 23.8 Å². The van der Waals surface area contributed by atoms with Crippen molar-refractivity contribution in [3.05, 3.63) is 83.2 Å². The van der Waals surface area contributed by atoms with Gasteiger partial charge < -0.3 is 30.0 Å². The summed E-state index contributed by atoms with van der Waals surface area (Å²) in [7, 11) is 0. The van der Waals surface area contributed by atoms with Crippen molar-refractivity contribution in [2.45, 2.75) is 31.4 Å². The van der Waals surface area contributed by atoms with Crippen LogP contribution in [0.1, 0.15) is 34.9 Å². The maximum Gasteiger partial charge on any atom is 0.416 e. The van der Waals surface area contributed by atoms with Gasteiger partial charge in [-0.25, -0.2) is 9.67 Å². The fraction of sp³-hybridized carbons (Fsp3) is 0.300. The van der Waals surface area contributed by atoms with Crippen molar-refractivity contribution in [3.8, 4) is 23.1 Å². The molecular formula is C30H28F3N5O5. The van der Waals surface area contributed by atoms with Gasteiger partial charge in [0.15, 0.2) is 11.5 Å². The number of nitrogens with zero attached hydrogens (tertiary/aromatic N) is 3.